The minimum Gasteiger partial charge on any atom is -0.465 e. The first-order valence-corrected chi connectivity index (χ1v) is 13.0. The Hall–Kier alpha value is -2.33. The SMILES string of the molecule is Cn1ncc2c(N3C[C@@H](O[Si](C)(C)C(C)(C)C)C[C@H]3CNC(=O)O)c(N)cc(F)c21. The van der Waals surface area contributed by atoms with Gasteiger partial charge in [0.05, 0.1) is 23.7 Å². The van der Waals surface area contributed by atoms with Crippen molar-refractivity contribution in [3.05, 3.63) is 18.1 Å². The van der Waals surface area contributed by atoms with Gasteiger partial charge in [0.15, 0.2) is 14.1 Å². The summed E-state index contributed by atoms with van der Waals surface area (Å²) in [5, 5.41) is 16.5. The van der Waals surface area contributed by atoms with Gasteiger partial charge in [-0.1, -0.05) is 20.8 Å². The number of aromatic nitrogens is 2. The predicted octanol–water partition coefficient (Wildman–Crippen LogP) is 3.53. The minimum atomic E-state index is -2.02. The molecule has 0 radical (unpaired) electrons. The van der Waals surface area contributed by atoms with Gasteiger partial charge in [0.25, 0.3) is 0 Å². The smallest absolute Gasteiger partial charge is 0.404 e. The molecule has 8 nitrogen and oxygen atoms in total. The van der Waals surface area contributed by atoms with Crippen LogP contribution in [0.3, 0.4) is 0 Å². The molecule has 0 unspecified atom stereocenters. The number of benzene rings is 1. The van der Waals surface area contributed by atoms with Gasteiger partial charge in [0.1, 0.15) is 5.52 Å². The molecule has 4 N–H and O–H groups in total. The summed E-state index contributed by atoms with van der Waals surface area (Å²) in [4.78, 5) is 13.2. The number of nitrogens with one attached hydrogen (secondary N) is 1. The number of carboxylic acid groups (broad SMARTS) is 1. The third-order valence-corrected chi connectivity index (χ3v) is 10.9. The number of rotatable bonds is 5. The van der Waals surface area contributed by atoms with E-state index >= 15 is 0 Å². The molecule has 2 heterocycles. The third-order valence-electron chi connectivity index (χ3n) is 6.40. The first kappa shape index (κ1) is 22.4. The number of nitrogen functional groups attached to an aromatic ring is 1. The van der Waals surface area contributed by atoms with E-state index in [4.69, 9.17) is 15.3 Å². The molecule has 166 valence electrons. The highest BCUT2D eigenvalue weighted by molar-refractivity contribution is 6.74. The van der Waals surface area contributed by atoms with Gasteiger partial charge < -0.3 is 25.5 Å². The van der Waals surface area contributed by atoms with Crippen LogP contribution in [0.2, 0.25) is 18.1 Å². The van der Waals surface area contributed by atoms with Crippen LogP contribution in [0.5, 0.6) is 0 Å². The lowest BCUT2D eigenvalue weighted by Crippen LogP contribution is -2.44. The molecule has 0 spiro atoms. The Bertz CT molecular complexity index is 956. The molecule has 0 bridgehead atoms. The topological polar surface area (TPSA) is 106 Å². The maximum Gasteiger partial charge on any atom is 0.404 e. The molecule has 30 heavy (non-hydrogen) atoms. The van der Waals surface area contributed by atoms with Crippen LogP contribution in [0.25, 0.3) is 10.9 Å². The minimum absolute atomic E-state index is 0.0563. The van der Waals surface area contributed by atoms with Crippen molar-refractivity contribution in [2.45, 2.75) is 57.5 Å². The van der Waals surface area contributed by atoms with Crippen LogP contribution in [0.15, 0.2) is 12.3 Å². The number of halogens is 1. The molecular weight excluding hydrogens is 405 g/mol. The second-order valence-electron chi connectivity index (χ2n) is 9.55. The van der Waals surface area contributed by atoms with E-state index in [1.165, 1.54) is 10.7 Å². The highest BCUT2D eigenvalue weighted by Crippen LogP contribution is 2.42. The van der Waals surface area contributed by atoms with Crippen molar-refractivity contribution < 1.29 is 18.7 Å². The molecule has 10 heteroatoms. The monoisotopic (exact) mass is 437 g/mol. The van der Waals surface area contributed by atoms with Gasteiger partial charge >= 0.3 is 6.09 Å². The Kier molecular flexibility index (Phi) is 5.76. The molecule has 1 aliphatic heterocycles. The summed E-state index contributed by atoms with van der Waals surface area (Å²) < 4.78 is 22.6. The van der Waals surface area contributed by atoms with Crippen molar-refractivity contribution in [3.8, 4) is 0 Å². The van der Waals surface area contributed by atoms with Gasteiger partial charge in [-0.15, -0.1) is 0 Å². The number of aryl methyl sites for hydroxylation is 1. The van der Waals surface area contributed by atoms with E-state index in [0.29, 0.717) is 35.2 Å². The molecule has 1 aliphatic rings. The van der Waals surface area contributed by atoms with Gasteiger partial charge in [0.2, 0.25) is 0 Å². The van der Waals surface area contributed by atoms with Crippen LogP contribution in [0, 0.1) is 5.82 Å². The fourth-order valence-corrected chi connectivity index (χ4v) is 5.23. The fourth-order valence-electron chi connectivity index (χ4n) is 3.87. The maximum absolute atomic E-state index is 14.5. The van der Waals surface area contributed by atoms with E-state index < -0.39 is 20.2 Å². The number of nitrogens with zero attached hydrogens (tertiary/aromatic N) is 3. The van der Waals surface area contributed by atoms with E-state index in [9.17, 15) is 9.18 Å². The summed E-state index contributed by atoms with van der Waals surface area (Å²) in [5.74, 6) is -0.431. The molecule has 3 rings (SSSR count). The van der Waals surface area contributed by atoms with Crippen molar-refractivity contribution in [1.82, 2.24) is 15.1 Å². The van der Waals surface area contributed by atoms with Crippen LogP contribution < -0.4 is 16.0 Å². The van der Waals surface area contributed by atoms with Crippen molar-refractivity contribution in [2.75, 3.05) is 23.7 Å². The molecule has 0 saturated carbocycles. The zero-order valence-electron chi connectivity index (χ0n) is 18.5. The molecule has 2 atom stereocenters. The molecule has 1 aromatic carbocycles. The van der Waals surface area contributed by atoms with Crippen LogP contribution in [0.4, 0.5) is 20.6 Å². The molecule has 1 saturated heterocycles. The Morgan fingerprint density at radius 1 is 1.47 bits per heavy atom. The summed E-state index contributed by atoms with van der Waals surface area (Å²) in [7, 11) is -0.335. The third kappa shape index (κ3) is 4.11. The number of fused-ring (bicyclic) bond motifs is 1. The zero-order valence-corrected chi connectivity index (χ0v) is 19.5. The number of anilines is 2. The lowest BCUT2D eigenvalue weighted by Gasteiger charge is -2.38. The van der Waals surface area contributed by atoms with E-state index in [-0.39, 0.29) is 23.7 Å². The molecule has 2 aromatic rings. The Labute approximate surface area is 177 Å². The highest BCUT2D eigenvalue weighted by atomic mass is 28.4. The van der Waals surface area contributed by atoms with Crippen molar-refractivity contribution in [1.29, 1.82) is 0 Å². The van der Waals surface area contributed by atoms with E-state index in [1.807, 2.05) is 4.90 Å². The van der Waals surface area contributed by atoms with Crippen LogP contribution >= 0.6 is 0 Å². The van der Waals surface area contributed by atoms with E-state index in [1.54, 1.807) is 13.2 Å². The van der Waals surface area contributed by atoms with Gasteiger partial charge in [-0.2, -0.15) is 5.10 Å². The zero-order chi connectivity index (χ0) is 22.4. The molecule has 1 aromatic heterocycles. The summed E-state index contributed by atoms with van der Waals surface area (Å²) in [6.45, 7) is 11.7. The molecule has 0 aliphatic carbocycles. The van der Waals surface area contributed by atoms with E-state index in [2.05, 4.69) is 44.3 Å². The van der Waals surface area contributed by atoms with Crippen LogP contribution in [0.1, 0.15) is 27.2 Å². The summed E-state index contributed by atoms with van der Waals surface area (Å²) in [5.41, 5.74) is 7.61. The number of hydrogen-bond acceptors (Lipinski definition) is 5. The normalized spacial score (nSPS) is 20.2. The maximum atomic E-state index is 14.5. The number of carbonyl (C=O) groups is 1. The largest absolute Gasteiger partial charge is 0.465 e. The van der Waals surface area contributed by atoms with Crippen LogP contribution in [-0.2, 0) is 11.5 Å². The first-order valence-electron chi connectivity index (χ1n) is 10.1. The second kappa shape index (κ2) is 7.73. The lowest BCUT2D eigenvalue weighted by molar-refractivity contribution is 0.189. The quantitative estimate of drug-likeness (QED) is 0.488. The number of amides is 1. The van der Waals surface area contributed by atoms with Crippen molar-refractivity contribution in [3.63, 3.8) is 0 Å². The average molecular weight is 438 g/mol. The van der Waals surface area contributed by atoms with Gasteiger partial charge in [-0.25, -0.2) is 9.18 Å². The number of nitrogens with two attached hydrogens (primary N) is 1. The number of hydrogen-bond donors (Lipinski definition) is 3. The lowest BCUT2D eigenvalue weighted by atomic mass is 10.1. The average Bonchev–Trinajstić information content (AvgIpc) is 3.16. The first-order chi connectivity index (χ1) is 13.8. The van der Waals surface area contributed by atoms with Gasteiger partial charge in [-0.05, 0) is 24.6 Å². The van der Waals surface area contributed by atoms with E-state index in [0.717, 1.165) is 0 Å². The molecule has 1 fully saturated rings. The van der Waals surface area contributed by atoms with Gasteiger partial charge in [-0.3, -0.25) is 4.68 Å². The molecular formula is C20H32FN5O3Si. The summed E-state index contributed by atoms with van der Waals surface area (Å²) >= 11 is 0. The molecule has 1 amide bonds. The predicted molar refractivity (Wildman–Crippen MR) is 119 cm³/mol. The summed E-state index contributed by atoms with van der Waals surface area (Å²) in [6.07, 6.45) is 1.11. The highest BCUT2D eigenvalue weighted by Gasteiger charge is 2.43. The second-order valence-corrected chi connectivity index (χ2v) is 14.3. The Morgan fingerprint density at radius 3 is 2.73 bits per heavy atom. The van der Waals surface area contributed by atoms with Gasteiger partial charge in [0, 0.05) is 37.6 Å². The Morgan fingerprint density at radius 2 is 2.13 bits per heavy atom. The van der Waals surface area contributed by atoms with Crippen LogP contribution in [-0.4, -0.2) is 54.5 Å². The Balaban J connectivity index is 1.99. The van der Waals surface area contributed by atoms with Crippen molar-refractivity contribution in [2.24, 2.45) is 7.05 Å². The fraction of sp³-hybridized carbons (Fsp3) is 0.600. The summed E-state index contributed by atoms with van der Waals surface area (Å²) in [6, 6.07) is 1.15. The standard InChI is InChI=1S/C20H32FN5O3Si/c1-20(2,3)30(5,6)29-13-7-12(9-23-19(27)28)26(11-13)18-14-10-24-25(4)17(14)15(21)8-16(18)22/h8,10,12-13,23H,7,9,11,22H2,1-6H3,(H,27,28)/t12-,13-/m0/s1. The van der Waals surface area contributed by atoms with Crippen molar-refractivity contribution >= 4 is 36.7 Å².